The van der Waals surface area contributed by atoms with Gasteiger partial charge in [0.15, 0.2) is 18.3 Å². The van der Waals surface area contributed by atoms with Crippen molar-refractivity contribution in [2.24, 2.45) is 0 Å². The first kappa shape index (κ1) is 21.6. The Morgan fingerprint density at radius 3 is 1.71 bits per heavy atom. The summed E-state index contributed by atoms with van der Waals surface area (Å²) in [6, 6.07) is 0. The lowest BCUT2D eigenvalue weighted by Gasteiger charge is -2.46. The van der Waals surface area contributed by atoms with Gasteiger partial charge in [0.2, 0.25) is 5.60 Å². The normalized spacial score (nSPS) is 33.0. The monoisotopic (exact) mass is 402 g/mol. The average molecular weight is 402 g/mol. The van der Waals surface area contributed by atoms with Crippen molar-refractivity contribution in [1.82, 2.24) is 0 Å². The minimum Gasteiger partial charge on any atom is -0.461 e. The van der Waals surface area contributed by atoms with Crippen LogP contribution in [0.25, 0.3) is 0 Å². The van der Waals surface area contributed by atoms with Crippen molar-refractivity contribution in [1.29, 1.82) is 0 Å². The molecule has 1 saturated carbocycles. The van der Waals surface area contributed by atoms with Gasteiger partial charge in [0, 0.05) is 34.6 Å². The minimum absolute atomic E-state index is 0.623. The summed E-state index contributed by atoms with van der Waals surface area (Å²) < 4.78 is 31.8. The van der Waals surface area contributed by atoms with Crippen molar-refractivity contribution in [2.45, 2.75) is 70.7 Å². The fourth-order valence-electron chi connectivity index (χ4n) is 3.34. The Morgan fingerprint density at radius 1 is 0.714 bits per heavy atom. The zero-order chi connectivity index (χ0) is 21.2. The van der Waals surface area contributed by atoms with Crippen LogP contribution in [-0.2, 0) is 52.4 Å². The molecule has 1 aliphatic heterocycles. The van der Waals surface area contributed by atoms with E-state index in [2.05, 4.69) is 0 Å². The summed E-state index contributed by atoms with van der Waals surface area (Å²) >= 11 is 0. The molecule has 156 valence electrons. The Hall–Kier alpha value is -2.69. The van der Waals surface area contributed by atoms with Crippen LogP contribution in [-0.4, -0.2) is 72.6 Å². The van der Waals surface area contributed by atoms with Gasteiger partial charge in [-0.05, 0) is 0 Å². The van der Waals surface area contributed by atoms with Gasteiger partial charge < -0.3 is 28.4 Å². The first-order chi connectivity index (χ1) is 13.0. The molecule has 28 heavy (non-hydrogen) atoms. The van der Waals surface area contributed by atoms with E-state index in [1.807, 2.05) is 0 Å². The summed E-state index contributed by atoms with van der Waals surface area (Å²) in [7, 11) is 0. The summed E-state index contributed by atoms with van der Waals surface area (Å²) in [5.74, 6) is -3.78. The van der Waals surface area contributed by atoms with Crippen molar-refractivity contribution >= 4 is 29.8 Å². The fourth-order valence-corrected chi connectivity index (χ4v) is 3.34. The number of rotatable bonds is 6. The van der Waals surface area contributed by atoms with Crippen LogP contribution in [0.2, 0.25) is 0 Å². The largest absolute Gasteiger partial charge is 0.461 e. The van der Waals surface area contributed by atoms with E-state index in [-0.39, 0.29) is 0 Å². The van der Waals surface area contributed by atoms with E-state index in [1.54, 1.807) is 0 Å². The number of hydrogen-bond donors (Lipinski definition) is 0. The molecule has 0 aromatic carbocycles. The van der Waals surface area contributed by atoms with E-state index in [0.29, 0.717) is 0 Å². The molecule has 0 aromatic heterocycles. The van der Waals surface area contributed by atoms with Gasteiger partial charge in [0.25, 0.3) is 0 Å². The molecule has 0 N–H and O–H groups in total. The molecule has 1 aliphatic carbocycles. The topological polar surface area (TPSA) is 144 Å². The lowest BCUT2D eigenvalue weighted by atomic mass is 9.77. The summed E-state index contributed by atoms with van der Waals surface area (Å²) in [5.41, 5.74) is -1.98. The van der Waals surface area contributed by atoms with Crippen LogP contribution in [0.3, 0.4) is 0 Å². The third-order valence-corrected chi connectivity index (χ3v) is 4.17. The molecule has 0 bridgehead atoms. The Bertz CT molecular complexity index is 687. The quantitative estimate of drug-likeness (QED) is 0.320. The summed E-state index contributed by atoms with van der Waals surface area (Å²) in [6.45, 7) is 4.93. The number of ether oxygens (including phenoxy) is 6. The van der Waals surface area contributed by atoms with Gasteiger partial charge in [0.05, 0.1) is 0 Å². The average Bonchev–Trinajstić information content (AvgIpc) is 3.31. The predicted octanol–water partition coefficient (Wildman–Crippen LogP) is -0.572. The zero-order valence-corrected chi connectivity index (χ0v) is 16.1. The summed E-state index contributed by atoms with van der Waals surface area (Å²) in [6.07, 6.45) is -5.48. The van der Waals surface area contributed by atoms with Gasteiger partial charge in [-0.25, -0.2) is 0 Å². The first-order valence-corrected chi connectivity index (χ1v) is 8.48. The Kier molecular flexibility index (Phi) is 6.27. The third kappa shape index (κ3) is 4.58. The second kappa shape index (κ2) is 8.13. The molecule has 11 nitrogen and oxygen atoms in total. The molecule has 0 aromatic rings. The van der Waals surface area contributed by atoms with Gasteiger partial charge in [-0.2, -0.15) is 0 Å². The van der Waals surface area contributed by atoms with E-state index < -0.39 is 72.6 Å². The van der Waals surface area contributed by atoms with Crippen molar-refractivity contribution < 1.29 is 52.4 Å². The zero-order valence-electron chi connectivity index (χ0n) is 16.1. The van der Waals surface area contributed by atoms with Crippen LogP contribution in [0.4, 0.5) is 0 Å². The van der Waals surface area contributed by atoms with Crippen LogP contribution < -0.4 is 0 Å². The summed E-state index contributed by atoms with van der Waals surface area (Å²) in [5, 5.41) is 0. The molecule has 1 heterocycles. The molecule has 2 aliphatic rings. The SMILES string of the molecule is CC(=O)OC[C@@]1(OC(C)=O)[C@H](OC(C)=O)[C@@H]2O[C@@H]2[C@@H](OC(C)=O)[C@@H]1OC(C)=O. The van der Waals surface area contributed by atoms with Crippen LogP contribution in [0.5, 0.6) is 0 Å². The maximum absolute atomic E-state index is 11.9. The smallest absolute Gasteiger partial charge is 0.303 e. The number of carbonyl (C=O) groups excluding carboxylic acids is 5. The van der Waals surface area contributed by atoms with E-state index in [1.165, 1.54) is 0 Å². The number of hydrogen-bond acceptors (Lipinski definition) is 11. The minimum atomic E-state index is -1.98. The maximum atomic E-state index is 11.9. The first-order valence-electron chi connectivity index (χ1n) is 8.48. The van der Waals surface area contributed by atoms with Gasteiger partial charge in [-0.15, -0.1) is 0 Å². The maximum Gasteiger partial charge on any atom is 0.303 e. The highest BCUT2D eigenvalue weighted by Gasteiger charge is 2.74. The number of esters is 5. The van der Waals surface area contributed by atoms with Gasteiger partial charge in [0.1, 0.15) is 18.8 Å². The summed E-state index contributed by atoms with van der Waals surface area (Å²) in [4.78, 5) is 58.3. The van der Waals surface area contributed by atoms with E-state index in [0.717, 1.165) is 34.6 Å². The molecular weight excluding hydrogens is 380 g/mol. The highest BCUT2D eigenvalue weighted by atomic mass is 16.7. The van der Waals surface area contributed by atoms with Crippen molar-refractivity contribution in [3.05, 3.63) is 0 Å². The van der Waals surface area contributed by atoms with Crippen LogP contribution >= 0.6 is 0 Å². The highest BCUT2D eigenvalue weighted by molar-refractivity contribution is 5.70. The molecule has 0 radical (unpaired) electrons. The number of epoxide rings is 1. The number of carbonyl (C=O) groups is 5. The lowest BCUT2D eigenvalue weighted by molar-refractivity contribution is -0.248. The standard InChI is InChI=1S/C17H22O11/c1-7(18)23-6-17(28-11(5)22)15(25-9(3)20)13(24-8(2)19)12-14(27-12)16(17)26-10(4)21/h12-16H,6H2,1-5H3/t12-,13-,14-,15+,16-,17+/m1/s1. The van der Waals surface area contributed by atoms with E-state index >= 15 is 0 Å². The lowest BCUT2D eigenvalue weighted by Crippen LogP contribution is -2.70. The highest BCUT2D eigenvalue weighted by Crippen LogP contribution is 2.48. The molecule has 0 unspecified atom stereocenters. The van der Waals surface area contributed by atoms with Gasteiger partial charge in [-0.1, -0.05) is 0 Å². The molecule has 2 fully saturated rings. The Labute approximate surface area is 160 Å². The molecule has 6 atom stereocenters. The van der Waals surface area contributed by atoms with Crippen molar-refractivity contribution in [3.8, 4) is 0 Å². The van der Waals surface area contributed by atoms with Crippen molar-refractivity contribution in [2.75, 3.05) is 6.61 Å². The molecule has 11 heteroatoms. The molecule has 1 saturated heterocycles. The predicted molar refractivity (Wildman–Crippen MR) is 86.5 cm³/mol. The molecular formula is C17H22O11. The molecule has 0 amide bonds. The van der Waals surface area contributed by atoms with Gasteiger partial charge in [-0.3, -0.25) is 24.0 Å². The van der Waals surface area contributed by atoms with Crippen LogP contribution in [0, 0.1) is 0 Å². The third-order valence-electron chi connectivity index (χ3n) is 4.17. The van der Waals surface area contributed by atoms with Crippen LogP contribution in [0.15, 0.2) is 0 Å². The van der Waals surface area contributed by atoms with E-state index in [9.17, 15) is 24.0 Å². The molecule has 2 rings (SSSR count). The van der Waals surface area contributed by atoms with Gasteiger partial charge >= 0.3 is 29.8 Å². The second-order valence-electron chi connectivity index (χ2n) is 6.53. The Balaban J connectivity index is 2.58. The fraction of sp³-hybridized carbons (Fsp3) is 0.706. The molecule has 0 spiro atoms. The number of fused-ring (bicyclic) bond motifs is 1. The Morgan fingerprint density at radius 2 is 1.25 bits per heavy atom. The second-order valence-corrected chi connectivity index (χ2v) is 6.53. The van der Waals surface area contributed by atoms with Crippen LogP contribution in [0.1, 0.15) is 34.6 Å². The van der Waals surface area contributed by atoms with Crippen molar-refractivity contribution in [3.63, 3.8) is 0 Å². The van der Waals surface area contributed by atoms with E-state index in [4.69, 9.17) is 28.4 Å².